The first-order valence-corrected chi connectivity index (χ1v) is 13.2. The van der Waals surface area contributed by atoms with Crippen LogP contribution in [-0.4, -0.2) is 52.7 Å². The van der Waals surface area contributed by atoms with Gasteiger partial charge in [-0.05, 0) is 56.2 Å². The van der Waals surface area contributed by atoms with Gasteiger partial charge in [-0.1, -0.05) is 18.2 Å². The second-order valence-electron chi connectivity index (χ2n) is 9.64. The molecular weight excluding hydrogens is 448 g/mol. The molecule has 0 N–H and O–H groups in total. The zero-order chi connectivity index (χ0) is 23.2. The molecule has 2 aromatic heterocycles. The molecule has 3 aliphatic rings. The van der Waals surface area contributed by atoms with E-state index in [2.05, 4.69) is 17.9 Å². The molecule has 2 aliphatic heterocycles. The monoisotopic (exact) mass is 478 g/mol. The number of morpholine rings is 1. The second-order valence-corrected chi connectivity index (χ2v) is 10.7. The van der Waals surface area contributed by atoms with Crippen LogP contribution in [0.25, 0.3) is 10.2 Å². The summed E-state index contributed by atoms with van der Waals surface area (Å²) in [7, 11) is 0. The van der Waals surface area contributed by atoms with Crippen molar-refractivity contribution in [2.75, 3.05) is 31.2 Å². The molecule has 1 saturated heterocycles. The number of rotatable bonds is 4. The van der Waals surface area contributed by atoms with Crippen molar-refractivity contribution >= 4 is 33.1 Å². The van der Waals surface area contributed by atoms with Crippen molar-refractivity contribution in [1.82, 2.24) is 14.5 Å². The predicted octanol–water partition coefficient (Wildman–Crippen LogP) is 3.15. The Balaban J connectivity index is 1.41. The molecule has 0 spiro atoms. The molecule has 1 amide bonds. The standard InChI is InChI=1S/C26H30N4O3S/c1-17-14-18-6-2-4-8-20(18)30(17)23(31)16-29-22(15-28-10-12-33-13-11-28)27-25-24(26(29)32)19-7-3-5-9-21(19)34-25/h2,4,6,8,17H,3,5,7,9-16H2,1H3/t17-/m1/s1. The molecule has 4 heterocycles. The van der Waals surface area contributed by atoms with Gasteiger partial charge < -0.3 is 9.64 Å². The lowest BCUT2D eigenvalue weighted by atomic mass is 9.97. The molecule has 8 heteroatoms. The van der Waals surface area contributed by atoms with Crippen molar-refractivity contribution in [2.45, 2.75) is 58.2 Å². The zero-order valence-corrected chi connectivity index (χ0v) is 20.4. The third-order valence-corrected chi connectivity index (χ3v) is 8.58. The van der Waals surface area contributed by atoms with Gasteiger partial charge in [-0.3, -0.25) is 19.1 Å². The Morgan fingerprint density at radius 1 is 1.18 bits per heavy atom. The fourth-order valence-electron chi connectivity index (χ4n) is 5.68. The SMILES string of the molecule is C[C@@H]1Cc2ccccc2N1C(=O)Cn1c(CN2CCOCC2)nc2sc3c(c2c1=O)CCCC3. The molecular formula is C26H30N4O3S. The number of amides is 1. The first kappa shape index (κ1) is 21.9. The number of anilines is 1. The van der Waals surface area contributed by atoms with Gasteiger partial charge in [0.2, 0.25) is 5.91 Å². The van der Waals surface area contributed by atoms with Crippen LogP contribution in [0.3, 0.4) is 0 Å². The number of hydrogen-bond donors (Lipinski definition) is 0. The molecule has 1 aliphatic carbocycles. The zero-order valence-electron chi connectivity index (χ0n) is 19.6. The molecule has 1 atom stereocenters. The summed E-state index contributed by atoms with van der Waals surface area (Å²) < 4.78 is 7.17. The number of nitrogens with zero attached hydrogens (tertiary/aromatic N) is 4. The normalized spacial score (nSPS) is 20.5. The van der Waals surface area contributed by atoms with Crippen molar-refractivity contribution < 1.29 is 9.53 Å². The molecule has 0 saturated carbocycles. The highest BCUT2D eigenvalue weighted by Crippen LogP contribution is 2.35. The van der Waals surface area contributed by atoms with Crippen molar-refractivity contribution in [2.24, 2.45) is 0 Å². The lowest BCUT2D eigenvalue weighted by Gasteiger charge is -2.28. The third-order valence-electron chi connectivity index (χ3n) is 7.39. The van der Waals surface area contributed by atoms with Crippen LogP contribution in [0.1, 0.15) is 41.6 Å². The largest absolute Gasteiger partial charge is 0.379 e. The summed E-state index contributed by atoms with van der Waals surface area (Å²) in [6.45, 7) is 5.62. The maximum atomic E-state index is 13.9. The van der Waals surface area contributed by atoms with Crippen molar-refractivity contribution in [3.8, 4) is 0 Å². The maximum Gasteiger partial charge on any atom is 0.263 e. The van der Waals surface area contributed by atoms with Crippen LogP contribution in [0.15, 0.2) is 29.1 Å². The molecule has 0 unspecified atom stereocenters. The lowest BCUT2D eigenvalue weighted by Crippen LogP contribution is -2.42. The van der Waals surface area contributed by atoms with Crippen molar-refractivity contribution in [1.29, 1.82) is 0 Å². The predicted molar refractivity (Wildman–Crippen MR) is 134 cm³/mol. The Kier molecular flexibility index (Phi) is 5.75. The van der Waals surface area contributed by atoms with E-state index >= 15 is 0 Å². The number of ether oxygens (including phenoxy) is 1. The summed E-state index contributed by atoms with van der Waals surface area (Å²) in [4.78, 5) is 38.8. The third kappa shape index (κ3) is 3.78. The van der Waals surface area contributed by atoms with Crippen molar-refractivity contribution in [3.05, 3.63) is 56.4 Å². The molecule has 0 bridgehead atoms. The van der Waals surface area contributed by atoms with Crippen LogP contribution in [0.2, 0.25) is 0 Å². The number of carbonyl (C=O) groups is 1. The lowest BCUT2D eigenvalue weighted by molar-refractivity contribution is -0.119. The molecule has 0 radical (unpaired) electrons. The molecule has 1 aromatic carbocycles. The average molecular weight is 479 g/mol. The van der Waals surface area contributed by atoms with E-state index in [1.165, 1.54) is 22.4 Å². The molecule has 34 heavy (non-hydrogen) atoms. The van der Waals surface area contributed by atoms with Crippen LogP contribution in [-0.2, 0) is 41.9 Å². The van der Waals surface area contributed by atoms with Gasteiger partial charge in [0.1, 0.15) is 17.2 Å². The Morgan fingerprint density at radius 3 is 2.82 bits per heavy atom. The summed E-state index contributed by atoms with van der Waals surface area (Å²) in [5, 5.41) is 0.744. The highest BCUT2D eigenvalue weighted by atomic mass is 32.1. The fourth-order valence-corrected chi connectivity index (χ4v) is 6.95. The van der Waals surface area contributed by atoms with Gasteiger partial charge in [-0.15, -0.1) is 11.3 Å². The Hall–Kier alpha value is -2.55. The van der Waals surface area contributed by atoms with Gasteiger partial charge in [0.05, 0.1) is 25.1 Å². The maximum absolute atomic E-state index is 13.9. The first-order valence-electron chi connectivity index (χ1n) is 12.3. The van der Waals surface area contributed by atoms with Crippen molar-refractivity contribution in [3.63, 3.8) is 0 Å². The Bertz CT molecular complexity index is 1310. The van der Waals surface area contributed by atoms with Crippen LogP contribution in [0, 0.1) is 0 Å². The first-order chi connectivity index (χ1) is 16.6. The highest BCUT2D eigenvalue weighted by molar-refractivity contribution is 7.18. The summed E-state index contributed by atoms with van der Waals surface area (Å²) in [5.41, 5.74) is 3.26. The molecule has 3 aromatic rings. The molecule has 1 fully saturated rings. The number of aromatic nitrogens is 2. The summed E-state index contributed by atoms with van der Waals surface area (Å²) in [5.74, 6) is 0.638. The number of fused-ring (bicyclic) bond motifs is 4. The minimum Gasteiger partial charge on any atom is -0.379 e. The Labute approximate surface area is 203 Å². The van der Waals surface area contributed by atoms with E-state index < -0.39 is 0 Å². The van der Waals surface area contributed by atoms with Gasteiger partial charge in [-0.2, -0.15) is 0 Å². The van der Waals surface area contributed by atoms with E-state index in [1.54, 1.807) is 15.9 Å². The van der Waals surface area contributed by atoms with E-state index in [9.17, 15) is 9.59 Å². The minimum atomic E-state index is -0.0545. The number of thiophene rings is 1. The van der Waals surface area contributed by atoms with Gasteiger partial charge >= 0.3 is 0 Å². The van der Waals surface area contributed by atoms with Crippen LogP contribution in [0.5, 0.6) is 0 Å². The van der Waals surface area contributed by atoms with E-state index in [-0.39, 0.29) is 24.1 Å². The smallest absolute Gasteiger partial charge is 0.263 e. The van der Waals surface area contributed by atoms with Gasteiger partial charge in [0.25, 0.3) is 5.56 Å². The molecule has 178 valence electrons. The van der Waals surface area contributed by atoms with Crippen LogP contribution >= 0.6 is 11.3 Å². The number of aryl methyl sites for hydroxylation is 2. The summed E-state index contributed by atoms with van der Waals surface area (Å²) in [6.07, 6.45) is 5.07. The average Bonchev–Trinajstić information content (AvgIpc) is 3.38. The summed E-state index contributed by atoms with van der Waals surface area (Å²) >= 11 is 1.67. The van der Waals surface area contributed by atoms with Crippen LogP contribution in [0.4, 0.5) is 5.69 Å². The number of para-hydroxylation sites is 1. The van der Waals surface area contributed by atoms with Gasteiger partial charge in [0.15, 0.2) is 0 Å². The second kappa shape index (κ2) is 8.91. The Morgan fingerprint density at radius 2 is 1.97 bits per heavy atom. The highest BCUT2D eigenvalue weighted by Gasteiger charge is 2.32. The van der Waals surface area contributed by atoms with E-state index in [0.29, 0.717) is 25.6 Å². The quantitative estimate of drug-likeness (QED) is 0.576. The fraction of sp³-hybridized carbons (Fsp3) is 0.500. The molecule has 7 nitrogen and oxygen atoms in total. The van der Waals surface area contributed by atoms with Gasteiger partial charge in [-0.25, -0.2) is 4.98 Å². The number of carbonyl (C=O) groups excluding carboxylic acids is 1. The van der Waals surface area contributed by atoms with E-state index in [4.69, 9.17) is 9.72 Å². The van der Waals surface area contributed by atoms with Crippen LogP contribution < -0.4 is 10.5 Å². The van der Waals surface area contributed by atoms with E-state index in [1.807, 2.05) is 23.1 Å². The number of hydrogen-bond acceptors (Lipinski definition) is 6. The minimum absolute atomic E-state index is 0.0186. The van der Waals surface area contributed by atoms with Gasteiger partial charge in [0, 0.05) is 29.7 Å². The summed E-state index contributed by atoms with van der Waals surface area (Å²) in [6, 6.07) is 8.15. The topological polar surface area (TPSA) is 67.7 Å². The van der Waals surface area contributed by atoms with E-state index in [0.717, 1.165) is 54.7 Å². The number of benzene rings is 1. The molecule has 6 rings (SSSR count).